The molecule has 1 aliphatic carbocycles. The molecule has 0 bridgehead atoms. The van der Waals surface area contributed by atoms with Crippen LogP contribution in [0, 0.1) is 6.92 Å². The van der Waals surface area contributed by atoms with Crippen LogP contribution in [0.2, 0.25) is 0 Å². The zero-order valence-electron chi connectivity index (χ0n) is 7.95. The maximum atomic E-state index is 6.03. The molecule has 0 radical (unpaired) electrons. The predicted octanol–water partition coefficient (Wildman–Crippen LogP) is 1.10. The molecule has 0 saturated heterocycles. The monoisotopic (exact) mass is 180 g/mol. The van der Waals surface area contributed by atoms with E-state index in [4.69, 9.17) is 5.73 Å². The second-order valence-corrected chi connectivity index (χ2v) is 3.83. The van der Waals surface area contributed by atoms with E-state index in [9.17, 15) is 0 Å². The van der Waals surface area contributed by atoms with Gasteiger partial charge in [0.2, 0.25) is 0 Å². The van der Waals surface area contributed by atoms with Crippen LogP contribution in [0.25, 0.3) is 0 Å². The molecule has 4 heteroatoms. The maximum Gasteiger partial charge on any atom is 0.155 e. The van der Waals surface area contributed by atoms with E-state index in [0.29, 0.717) is 5.92 Å². The van der Waals surface area contributed by atoms with Crippen LogP contribution in [0.1, 0.15) is 43.3 Å². The minimum atomic E-state index is 0.254. The van der Waals surface area contributed by atoms with Gasteiger partial charge >= 0.3 is 0 Å². The highest BCUT2D eigenvalue weighted by molar-refractivity contribution is 5.02. The number of H-pyrrole nitrogens is 1. The first-order valence-corrected chi connectivity index (χ1v) is 4.92. The van der Waals surface area contributed by atoms with Gasteiger partial charge < -0.3 is 5.73 Å². The fourth-order valence-electron chi connectivity index (χ4n) is 2.01. The Balaban J connectivity index is 2.14. The molecule has 1 aliphatic rings. The average molecular weight is 180 g/mol. The quantitative estimate of drug-likeness (QED) is 0.680. The minimum absolute atomic E-state index is 0.254. The molecule has 1 fully saturated rings. The zero-order chi connectivity index (χ0) is 9.26. The first kappa shape index (κ1) is 8.69. The molecule has 2 atom stereocenters. The summed E-state index contributed by atoms with van der Waals surface area (Å²) < 4.78 is 0. The number of aromatic nitrogens is 3. The summed E-state index contributed by atoms with van der Waals surface area (Å²) in [7, 11) is 0. The maximum absolute atomic E-state index is 6.03. The first-order chi connectivity index (χ1) is 6.27. The number of nitrogens with two attached hydrogens (primary N) is 1. The van der Waals surface area contributed by atoms with Crippen LogP contribution in [0.5, 0.6) is 0 Å². The molecule has 0 aliphatic heterocycles. The Morgan fingerprint density at radius 2 is 2.15 bits per heavy atom. The highest BCUT2D eigenvalue weighted by atomic mass is 15.2. The van der Waals surface area contributed by atoms with Crippen LogP contribution in [0.15, 0.2) is 0 Å². The number of nitrogens with zero attached hydrogens (tertiary/aromatic N) is 2. The van der Waals surface area contributed by atoms with Crippen LogP contribution in [-0.4, -0.2) is 21.2 Å². The van der Waals surface area contributed by atoms with Crippen molar-refractivity contribution in [3.8, 4) is 0 Å². The molecule has 0 spiro atoms. The summed E-state index contributed by atoms with van der Waals surface area (Å²) in [4.78, 5) is 4.34. The summed E-state index contributed by atoms with van der Waals surface area (Å²) in [6.45, 7) is 1.92. The molecule has 1 heterocycles. The molecule has 3 N–H and O–H groups in total. The van der Waals surface area contributed by atoms with Crippen molar-refractivity contribution in [1.29, 1.82) is 0 Å². The van der Waals surface area contributed by atoms with Gasteiger partial charge in [0.1, 0.15) is 5.82 Å². The summed E-state index contributed by atoms with van der Waals surface area (Å²) in [6.07, 6.45) is 4.75. The van der Waals surface area contributed by atoms with Crippen molar-refractivity contribution >= 4 is 0 Å². The van der Waals surface area contributed by atoms with E-state index in [0.717, 1.165) is 24.5 Å². The standard InChI is InChI=1S/C9H16N4/c1-6-11-9(13-12-6)7-4-2-3-5-8(7)10/h7-8H,2-5,10H2,1H3,(H,11,12,13). The lowest BCUT2D eigenvalue weighted by molar-refractivity contribution is 0.373. The first-order valence-electron chi connectivity index (χ1n) is 4.92. The van der Waals surface area contributed by atoms with Crippen molar-refractivity contribution in [3.63, 3.8) is 0 Å². The van der Waals surface area contributed by atoms with E-state index < -0.39 is 0 Å². The fourth-order valence-corrected chi connectivity index (χ4v) is 2.01. The molecule has 1 aromatic heterocycles. The van der Waals surface area contributed by atoms with E-state index in [1.54, 1.807) is 0 Å². The van der Waals surface area contributed by atoms with Gasteiger partial charge in [-0.3, -0.25) is 5.10 Å². The molecule has 4 nitrogen and oxygen atoms in total. The lowest BCUT2D eigenvalue weighted by Gasteiger charge is -2.25. The van der Waals surface area contributed by atoms with Gasteiger partial charge in [0, 0.05) is 12.0 Å². The van der Waals surface area contributed by atoms with Gasteiger partial charge in [0.05, 0.1) is 0 Å². The summed E-state index contributed by atoms with van der Waals surface area (Å²) in [5, 5.41) is 7.04. The van der Waals surface area contributed by atoms with Crippen LogP contribution in [0.3, 0.4) is 0 Å². The fraction of sp³-hybridized carbons (Fsp3) is 0.778. The van der Waals surface area contributed by atoms with Crippen molar-refractivity contribution in [3.05, 3.63) is 11.6 Å². The Bertz CT molecular complexity index is 281. The summed E-state index contributed by atoms with van der Waals surface area (Å²) in [5.41, 5.74) is 6.03. The molecular weight excluding hydrogens is 164 g/mol. The Labute approximate surface area is 77.9 Å². The summed E-state index contributed by atoms with van der Waals surface area (Å²) in [5.74, 6) is 2.16. The Morgan fingerprint density at radius 1 is 1.38 bits per heavy atom. The van der Waals surface area contributed by atoms with Crippen LogP contribution >= 0.6 is 0 Å². The van der Waals surface area contributed by atoms with Gasteiger partial charge in [-0.15, -0.1) is 0 Å². The molecule has 13 heavy (non-hydrogen) atoms. The van der Waals surface area contributed by atoms with Gasteiger partial charge in [-0.25, -0.2) is 4.98 Å². The van der Waals surface area contributed by atoms with Gasteiger partial charge in [0.15, 0.2) is 5.82 Å². The Kier molecular flexibility index (Phi) is 2.31. The second kappa shape index (κ2) is 3.46. The summed E-state index contributed by atoms with van der Waals surface area (Å²) in [6, 6.07) is 0.254. The molecule has 2 unspecified atom stereocenters. The Morgan fingerprint density at radius 3 is 2.77 bits per heavy atom. The predicted molar refractivity (Wildman–Crippen MR) is 50.3 cm³/mol. The van der Waals surface area contributed by atoms with Crippen molar-refractivity contribution in [2.24, 2.45) is 5.73 Å². The highest BCUT2D eigenvalue weighted by Crippen LogP contribution is 2.29. The molecule has 0 amide bonds. The van der Waals surface area contributed by atoms with Crippen molar-refractivity contribution < 1.29 is 0 Å². The number of nitrogens with one attached hydrogen (secondary N) is 1. The third-order valence-electron chi connectivity index (χ3n) is 2.77. The topological polar surface area (TPSA) is 67.6 Å². The Hall–Kier alpha value is -0.900. The molecule has 2 rings (SSSR count). The smallest absolute Gasteiger partial charge is 0.155 e. The SMILES string of the molecule is Cc1nc(C2CCCCC2N)n[nH]1. The van der Waals surface area contributed by atoms with Crippen molar-refractivity contribution in [2.75, 3.05) is 0 Å². The molecule has 0 aromatic carbocycles. The van der Waals surface area contributed by atoms with E-state index in [2.05, 4.69) is 15.2 Å². The minimum Gasteiger partial charge on any atom is -0.327 e. The van der Waals surface area contributed by atoms with E-state index in [-0.39, 0.29) is 6.04 Å². The summed E-state index contributed by atoms with van der Waals surface area (Å²) >= 11 is 0. The number of rotatable bonds is 1. The van der Waals surface area contributed by atoms with Crippen molar-refractivity contribution in [1.82, 2.24) is 15.2 Å². The van der Waals surface area contributed by atoms with Gasteiger partial charge in [-0.1, -0.05) is 12.8 Å². The molecular formula is C9H16N4. The third-order valence-corrected chi connectivity index (χ3v) is 2.77. The van der Waals surface area contributed by atoms with Gasteiger partial charge in [0.25, 0.3) is 0 Å². The average Bonchev–Trinajstić information content (AvgIpc) is 2.53. The molecule has 1 saturated carbocycles. The normalized spacial score (nSPS) is 29.1. The number of aryl methyl sites for hydroxylation is 1. The van der Waals surface area contributed by atoms with Gasteiger partial charge in [-0.05, 0) is 19.8 Å². The van der Waals surface area contributed by atoms with E-state index in [1.807, 2.05) is 6.92 Å². The zero-order valence-corrected chi connectivity index (χ0v) is 7.95. The van der Waals surface area contributed by atoms with E-state index in [1.165, 1.54) is 12.8 Å². The lowest BCUT2D eigenvalue weighted by Crippen LogP contribution is -2.32. The molecule has 72 valence electrons. The molecule has 1 aromatic rings. The third kappa shape index (κ3) is 1.72. The number of hydrogen-bond donors (Lipinski definition) is 2. The van der Waals surface area contributed by atoms with Gasteiger partial charge in [-0.2, -0.15) is 5.10 Å². The van der Waals surface area contributed by atoms with E-state index >= 15 is 0 Å². The van der Waals surface area contributed by atoms with Crippen LogP contribution in [0.4, 0.5) is 0 Å². The van der Waals surface area contributed by atoms with Crippen LogP contribution < -0.4 is 5.73 Å². The lowest BCUT2D eigenvalue weighted by atomic mass is 9.85. The van der Waals surface area contributed by atoms with Crippen molar-refractivity contribution in [2.45, 2.75) is 44.6 Å². The second-order valence-electron chi connectivity index (χ2n) is 3.83. The number of aromatic amines is 1. The van der Waals surface area contributed by atoms with Crippen LogP contribution in [-0.2, 0) is 0 Å². The largest absolute Gasteiger partial charge is 0.327 e. The number of hydrogen-bond acceptors (Lipinski definition) is 3. The highest BCUT2D eigenvalue weighted by Gasteiger charge is 2.26.